The average Bonchev–Trinajstić information content (AvgIpc) is 2.28. The van der Waals surface area contributed by atoms with Gasteiger partial charge in [-0.3, -0.25) is 4.79 Å². The van der Waals surface area contributed by atoms with E-state index in [1.165, 1.54) is 7.11 Å². The van der Waals surface area contributed by atoms with E-state index in [2.05, 4.69) is 4.74 Å². The van der Waals surface area contributed by atoms with Gasteiger partial charge in [0.2, 0.25) is 0 Å². The van der Waals surface area contributed by atoms with Crippen LogP contribution in [0.1, 0.15) is 18.4 Å². The summed E-state index contributed by atoms with van der Waals surface area (Å²) in [5, 5.41) is 0. The summed E-state index contributed by atoms with van der Waals surface area (Å²) in [5.74, 6) is 0.553. The molecule has 0 aliphatic carbocycles. The van der Waals surface area contributed by atoms with Gasteiger partial charge in [0.05, 0.1) is 13.7 Å². The van der Waals surface area contributed by atoms with Gasteiger partial charge in [-0.15, -0.1) is 0 Å². The molecule has 1 aromatic carbocycles. The van der Waals surface area contributed by atoms with Crippen molar-refractivity contribution in [2.75, 3.05) is 19.5 Å². The minimum Gasteiger partial charge on any atom is -0.493 e. The Kier molecular flexibility index (Phi) is 4.64. The molecule has 0 aliphatic rings. The molecule has 0 aliphatic heterocycles. The number of nitrogen functional groups attached to an aromatic ring is 1. The highest BCUT2D eigenvalue weighted by Crippen LogP contribution is 2.20. The van der Waals surface area contributed by atoms with Crippen molar-refractivity contribution in [2.45, 2.75) is 19.8 Å². The number of carbonyl (C=O) groups is 1. The van der Waals surface area contributed by atoms with Crippen LogP contribution in [-0.2, 0) is 9.53 Å². The number of rotatable bonds is 5. The van der Waals surface area contributed by atoms with Crippen LogP contribution in [0.3, 0.4) is 0 Å². The molecule has 0 saturated heterocycles. The van der Waals surface area contributed by atoms with Crippen LogP contribution >= 0.6 is 0 Å². The third-order valence-electron chi connectivity index (χ3n) is 2.22. The third-order valence-corrected chi connectivity index (χ3v) is 2.22. The van der Waals surface area contributed by atoms with Gasteiger partial charge in [-0.25, -0.2) is 0 Å². The summed E-state index contributed by atoms with van der Waals surface area (Å²) in [6, 6.07) is 5.52. The fourth-order valence-electron chi connectivity index (χ4n) is 1.27. The molecule has 1 rings (SSSR count). The van der Waals surface area contributed by atoms with E-state index in [0.29, 0.717) is 25.1 Å². The lowest BCUT2D eigenvalue weighted by Crippen LogP contribution is -2.05. The Morgan fingerprint density at radius 3 is 2.88 bits per heavy atom. The topological polar surface area (TPSA) is 61.5 Å². The number of nitrogens with two attached hydrogens (primary N) is 1. The quantitative estimate of drug-likeness (QED) is 0.470. The number of aryl methyl sites for hydroxylation is 1. The van der Waals surface area contributed by atoms with Gasteiger partial charge in [-0.1, -0.05) is 6.07 Å². The summed E-state index contributed by atoms with van der Waals surface area (Å²) in [6.07, 6.45) is 1.01. The SMILES string of the molecule is COC(=O)CCCOc1cc(N)ccc1C. The summed E-state index contributed by atoms with van der Waals surface area (Å²) in [5.41, 5.74) is 7.36. The number of ether oxygens (including phenoxy) is 2. The predicted molar refractivity (Wildman–Crippen MR) is 62.3 cm³/mol. The van der Waals surface area contributed by atoms with E-state index >= 15 is 0 Å². The number of hydrogen-bond donors (Lipinski definition) is 1. The van der Waals surface area contributed by atoms with Gasteiger partial charge >= 0.3 is 5.97 Å². The zero-order valence-electron chi connectivity index (χ0n) is 9.66. The lowest BCUT2D eigenvalue weighted by atomic mass is 10.2. The van der Waals surface area contributed by atoms with Gasteiger partial charge in [-0.2, -0.15) is 0 Å². The monoisotopic (exact) mass is 223 g/mol. The molecular weight excluding hydrogens is 206 g/mol. The second kappa shape index (κ2) is 6.00. The van der Waals surface area contributed by atoms with Crippen LogP contribution < -0.4 is 10.5 Å². The first-order valence-electron chi connectivity index (χ1n) is 5.19. The maximum Gasteiger partial charge on any atom is 0.305 e. The second-order valence-electron chi connectivity index (χ2n) is 3.55. The fourth-order valence-corrected chi connectivity index (χ4v) is 1.27. The predicted octanol–water partition coefficient (Wildman–Crippen LogP) is 1.91. The summed E-state index contributed by atoms with van der Waals surface area (Å²) < 4.78 is 10.1. The number of benzene rings is 1. The Morgan fingerprint density at radius 1 is 1.44 bits per heavy atom. The zero-order valence-corrected chi connectivity index (χ0v) is 9.66. The summed E-state index contributed by atoms with van der Waals surface area (Å²) in [4.78, 5) is 10.8. The molecule has 1 aromatic rings. The first-order valence-corrected chi connectivity index (χ1v) is 5.19. The Bertz CT molecular complexity index is 363. The van der Waals surface area contributed by atoms with Gasteiger partial charge in [0.15, 0.2) is 0 Å². The number of esters is 1. The smallest absolute Gasteiger partial charge is 0.305 e. The molecule has 0 radical (unpaired) electrons. The van der Waals surface area contributed by atoms with Crippen molar-refractivity contribution in [1.29, 1.82) is 0 Å². The molecule has 0 heterocycles. The fraction of sp³-hybridized carbons (Fsp3) is 0.417. The van der Waals surface area contributed by atoms with E-state index in [1.54, 1.807) is 6.07 Å². The molecule has 88 valence electrons. The van der Waals surface area contributed by atoms with Crippen LogP contribution in [0, 0.1) is 6.92 Å². The van der Waals surface area contributed by atoms with Crippen molar-refractivity contribution in [3.05, 3.63) is 23.8 Å². The van der Waals surface area contributed by atoms with Crippen molar-refractivity contribution in [1.82, 2.24) is 0 Å². The molecule has 16 heavy (non-hydrogen) atoms. The van der Waals surface area contributed by atoms with Crippen LogP contribution in [0.2, 0.25) is 0 Å². The van der Waals surface area contributed by atoms with Crippen LogP contribution in [-0.4, -0.2) is 19.7 Å². The number of methoxy groups -OCH3 is 1. The highest BCUT2D eigenvalue weighted by molar-refractivity contribution is 5.69. The normalized spacial score (nSPS) is 9.88. The van der Waals surface area contributed by atoms with E-state index < -0.39 is 0 Å². The molecule has 4 nitrogen and oxygen atoms in total. The highest BCUT2D eigenvalue weighted by atomic mass is 16.5. The van der Waals surface area contributed by atoms with Gasteiger partial charge in [-0.05, 0) is 25.0 Å². The summed E-state index contributed by atoms with van der Waals surface area (Å²) in [7, 11) is 1.38. The van der Waals surface area contributed by atoms with Crippen LogP contribution in [0.5, 0.6) is 5.75 Å². The van der Waals surface area contributed by atoms with Crippen molar-refractivity contribution in [3.63, 3.8) is 0 Å². The first kappa shape index (κ1) is 12.4. The van der Waals surface area contributed by atoms with Crippen molar-refractivity contribution < 1.29 is 14.3 Å². The zero-order chi connectivity index (χ0) is 12.0. The van der Waals surface area contributed by atoms with E-state index in [-0.39, 0.29) is 5.97 Å². The molecule has 0 fully saturated rings. The summed E-state index contributed by atoms with van der Waals surface area (Å²) >= 11 is 0. The Morgan fingerprint density at radius 2 is 2.19 bits per heavy atom. The molecule has 2 N–H and O–H groups in total. The second-order valence-corrected chi connectivity index (χ2v) is 3.55. The Labute approximate surface area is 95.3 Å². The van der Waals surface area contributed by atoms with Gasteiger partial charge in [0, 0.05) is 18.2 Å². The third kappa shape index (κ3) is 3.81. The molecule has 0 amide bonds. The van der Waals surface area contributed by atoms with Crippen molar-refractivity contribution in [2.24, 2.45) is 0 Å². The van der Waals surface area contributed by atoms with E-state index in [0.717, 1.165) is 11.3 Å². The van der Waals surface area contributed by atoms with Gasteiger partial charge in [0.25, 0.3) is 0 Å². The minimum atomic E-state index is -0.215. The molecule has 0 unspecified atom stereocenters. The Hall–Kier alpha value is -1.71. The molecule has 0 saturated carbocycles. The molecule has 0 atom stereocenters. The van der Waals surface area contributed by atoms with E-state index in [1.807, 2.05) is 19.1 Å². The molecular formula is C12H17NO3. The van der Waals surface area contributed by atoms with E-state index in [9.17, 15) is 4.79 Å². The standard InChI is InChI=1S/C12H17NO3/c1-9-5-6-10(13)8-11(9)16-7-3-4-12(14)15-2/h5-6,8H,3-4,7,13H2,1-2H3. The highest BCUT2D eigenvalue weighted by Gasteiger charge is 2.02. The molecule has 0 bridgehead atoms. The van der Waals surface area contributed by atoms with Crippen LogP contribution in [0.4, 0.5) is 5.69 Å². The van der Waals surface area contributed by atoms with Crippen LogP contribution in [0.25, 0.3) is 0 Å². The Balaban J connectivity index is 2.37. The van der Waals surface area contributed by atoms with Gasteiger partial charge in [0.1, 0.15) is 5.75 Å². The molecule has 0 aromatic heterocycles. The lowest BCUT2D eigenvalue weighted by molar-refractivity contribution is -0.140. The molecule has 0 spiro atoms. The first-order chi connectivity index (χ1) is 7.63. The number of carbonyl (C=O) groups excluding carboxylic acids is 1. The maximum atomic E-state index is 10.8. The minimum absolute atomic E-state index is 0.215. The number of anilines is 1. The summed E-state index contributed by atoms with van der Waals surface area (Å²) in [6.45, 7) is 2.44. The lowest BCUT2D eigenvalue weighted by Gasteiger charge is -2.09. The van der Waals surface area contributed by atoms with Crippen LogP contribution in [0.15, 0.2) is 18.2 Å². The number of hydrogen-bond acceptors (Lipinski definition) is 4. The molecule has 4 heteroatoms. The van der Waals surface area contributed by atoms with Gasteiger partial charge < -0.3 is 15.2 Å². The van der Waals surface area contributed by atoms with Crippen molar-refractivity contribution in [3.8, 4) is 5.75 Å². The maximum absolute atomic E-state index is 10.8. The van der Waals surface area contributed by atoms with Crippen molar-refractivity contribution >= 4 is 11.7 Å². The van der Waals surface area contributed by atoms with E-state index in [4.69, 9.17) is 10.5 Å². The average molecular weight is 223 g/mol. The largest absolute Gasteiger partial charge is 0.493 e.